The van der Waals surface area contributed by atoms with Crippen LogP contribution in [0.15, 0.2) is 60.7 Å². The fourth-order valence-corrected chi connectivity index (χ4v) is 5.50. The van der Waals surface area contributed by atoms with Gasteiger partial charge in [-0.15, -0.1) is 0 Å². The van der Waals surface area contributed by atoms with Crippen molar-refractivity contribution in [3.05, 3.63) is 105 Å². The molecule has 0 saturated heterocycles. The fraction of sp³-hybridized carbons (Fsp3) is 0.182. The molecule has 0 spiro atoms. The zero-order valence-electron chi connectivity index (χ0n) is 13.2. The predicted octanol–water partition coefficient (Wildman–Crippen LogP) is 5.80. The molecule has 0 radical (unpaired) electrons. The van der Waals surface area contributed by atoms with Gasteiger partial charge < -0.3 is 0 Å². The van der Waals surface area contributed by atoms with Crippen LogP contribution < -0.4 is 0 Å². The third kappa shape index (κ3) is 1.51. The Hall–Kier alpha value is -1.86. The van der Waals surface area contributed by atoms with Gasteiger partial charge in [0.05, 0.1) is 0 Å². The van der Waals surface area contributed by atoms with E-state index in [1.165, 1.54) is 44.5 Å². The molecule has 1 heteroatoms. The third-order valence-electron chi connectivity index (χ3n) is 5.63. The van der Waals surface area contributed by atoms with Gasteiger partial charge in [-0.1, -0.05) is 76.6 Å². The molecule has 23 heavy (non-hydrogen) atoms. The van der Waals surface area contributed by atoms with Crippen LogP contribution in [0.25, 0.3) is 0 Å². The Morgan fingerprint density at radius 3 is 1.83 bits per heavy atom. The van der Waals surface area contributed by atoms with Crippen LogP contribution in [0, 0.1) is 13.8 Å². The van der Waals surface area contributed by atoms with Crippen LogP contribution in [0.1, 0.15) is 50.4 Å². The smallest absolute Gasteiger partial charge is 0.0695 e. The van der Waals surface area contributed by atoms with E-state index in [4.69, 9.17) is 0 Å². The summed E-state index contributed by atoms with van der Waals surface area (Å²) in [5.41, 5.74) is 11.3. The van der Waals surface area contributed by atoms with Crippen LogP contribution in [0.2, 0.25) is 0 Å². The first kappa shape index (κ1) is 13.6. The van der Waals surface area contributed by atoms with E-state index in [-0.39, 0.29) is 4.32 Å². The number of alkyl halides is 1. The minimum atomic E-state index is -0.220. The van der Waals surface area contributed by atoms with Crippen molar-refractivity contribution in [1.82, 2.24) is 0 Å². The highest BCUT2D eigenvalue weighted by atomic mass is 79.9. The third-order valence-corrected chi connectivity index (χ3v) is 6.92. The quantitative estimate of drug-likeness (QED) is 0.444. The van der Waals surface area contributed by atoms with Crippen LogP contribution >= 0.6 is 15.9 Å². The molecule has 2 bridgehead atoms. The van der Waals surface area contributed by atoms with Gasteiger partial charge >= 0.3 is 0 Å². The summed E-state index contributed by atoms with van der Waals surface area (Å²) in [7, 11) is 0. The van der Waals surface area contributed by atoms with Crippen LogP contribution in [-0.4, -0.2) is 0 Å². The van der Waals surface area contributed by atoms with Crippen molar-refractivity contribution in [2.75, 3.05) is 0 Å². The van der Waals surface area contributed by atoms with Crippen LogP contribution in [0.5, 0.6) is 0 Å². The monoisotopic (exact) mass is 360 g/mol. The predicted molar refractivity (Wildman–Crippen MR) is 98.6 cm³/mol. The van der Waals surface area contributed by atoms with Gasteiger partial charge in [0, 0.05) is 5.92 Å². The maximum atomic E-state index is 4.19. The van der Waals surface area contributed by atoms with E-state index >= 15 is 0 Å². The molecule has 0 saturated carbocycles. The Bertz CT molecular complexity index is 920. The summed E-state index contributed by atoms with van der Waals surface area (Å²) in [5, 5.41) is 0. The fourth-order valence-electron chi connectivity index (χ4n) is 4.44. The second kappa shape index (κ2) is 4.36. The molecule has 0 N–H and O–H groups in total. The van der Waals surface area contributed by atoms with Crippen molar-refractivity contribution in [3.8, 4) is 0 Å². The zero-order chi connectivity index (χ0) is 15.8. The van der Waals surface area contributed by atoms with Gasteiger partial charge in [-0.05, 0) is 58.4 Å². The first-order valence-corrected chi connectivity index (χ1v) is 8.91. The van der Waals surface area contributed by atoms with Gasteiger partial charge in [-0.25, -0.2) is 0 Å². The van der Waals surface area contributed by atoms with Crippen molar-refractivity contribution in [1.29, 1.82) is 0 Å². The number of hydrogen-bond donors (Lipinski definition) is 0. The maximum Gasteiger partial charge on any atom is 0.101 e. The van der Waals surface area contributed by atoms with Gasteiger partial charge in [0.15, 0.2) is 0 Å². The van der Waals surface area contributed by atoms with Crippen molar-refractivity contribution in [2.24, 2.45) is 0 Å². The second-order valence-corrected chi connectivity index (χ2v) is 7.98. The molecule has 0 atom stereocenters. The minimum Gasteiger partial charge on any atom is -0.0695 e. The first-order valence-electron chi connectivity index (χ1n) is 8.11. The van der Waals surface area contributed by atoms with E-state index < -0.39 is 0 Å². The molecule has 3 aromatic carbocycles. The van der Waals surface area contributed by atoms with Gasteiger partial charge in [-0.3, -0.25) is 0 Å². The molecule has 3 aromatic rings. The lowest BCUT2D eigenvalue weighted by molar-refractivity contribution is 0.722. The summed E-state index contributed by atoms with van der Waals surface area (Å²) >= 11 is 4.19. The molecule has 0 nitrogen and oxygen atoms in total. The molecule has 0 unspecified atom stereocenters. The molecule has 0 fully saturated rings. The highest BCUT2D eigenvalue weighted by molar-refractivity contribution is 9.10. The molecule has 112 valence electrons. The molecule has 0 aromatic heterocycles. The summed E-state index contributed by atoms with van der Waals surface area (Å²) < 4.78 is -0.220. The van der Waals surface area contributed by atoms with E-state index in [0.29, 0.717) is 5.92 Å². The van der Waals surface area contributed by atoms with Gasteiger partial charge in [-0.2, -0.15) is 0 Å². The van der Waals surface area contributed by atoms with Gasteiger partial charge in [0.25, 0.3) is 0 Å². The number of aryl methyl sites for hydroxylation is 2. The second-order valence-electron chi connectivity index (χ2n) is 6.79. The van der Waals surface area contributed by atoms with Gasteiger partial charge in [0.1, 0.15) is 4.32 Å². The minimum absolute atomic E-state index is 0.220. The zero-order valence-corrected chi connectivity index (χ0v) is 14.8. The van der Waals surface area contributed by atoms with Crippen LogP contribution in [-0.2, 0) is 4.32 Å². The van der Waals surface area contributed by atoms with E-state index in [1.54, 1.807) is 0 Å². The van der Waals surface area contributed by atoms with E-state index in [1.807, 2.05) is 0 Å². The van der Waals surface area contributed by atoms with E-state index in [0.717, 1.165) is 0 Å². The summed E-state index contributed by atoms with van der Waals surface area (Å²) in [4.78, 5) is 0. The van der Waals surface area contributed by atoms with Crippen LogP contribution in [0.3, 0.4) is 0 Å². The van der Waals surface area contributed by atoms with Crippen molar-refractivity contribution in [3.63, 3.8) is 0 Å². The Labute approximate surface area is 145 Å². The Morgan fingerprint density at radius 2 is 1.22 bits per heavy atom. The average molecular weight is 361 g/mol. The molecule has 0 amide bonds. The number of rotatable bonds is 0. The topological polar surface area (TPSA) is 0 Å². The first-order chi connectivity index (χ1) is 11.1. The number of halogens is 1. The molecular weight excluding hydrogens is 344 g/mol. The normalized spacial score (nSPS) is 23.2. The Kier molecular flexibility index (Phi) is 2.57. The van der Waals surface area contributed by atoms with Gasteiger partial charge in [0.2, 0.25) is 0 Å². The lowest BCUT2D eigenvalue weighted by Gasteiger charge is -2.48. The largest absolute Gasteiger partial charge is 0.101 e. The molecular formula is C22H17Br. The van der Waals surface area contributed by atoms with Crippen LogP contribution in [0.4, 0.5) is 0 Å². The Balaban J connectivity index is 1.98. The molecule has 0 aliphatic heterocycles. The number of benzene rings is 3. The summed E-state index contributed by atoms with van der Waals surface area (Å²) in [6.45, 7) is 4.43. The van der Waals surface area contributed by atoms with Crippen molar-refractivity contribution >= 4 is 15.9 Å². The lowest BCUT2D eigenvalue weighted by Crippen LogP contribution is -2.37. The summed E-state index contributed by atoms with van der Waals surface area (Å²) in [6.07, 6.45) is 0. The summed E-state index contributed by atoms with van der Waals surface area (Å²) in [6, 6.07) is 22.6. The van der Waals surface area contributed by atoms with Crippen molar-refractivity contribution < 1.29 is 0 Å². The summed E-state index contributed by atoms with van der Waals surface area (Å²) in [5.74, 6) is 0.358. The molecule has 3 aliphatic carbocycles. The highest BCUT2D eigenvalue weighted by Gasteiger charge is 2.50. The highest BCUT2D eigenvalue weighted by Crippen LogP contribution is 2.61. The standard InChI is InChI=1S/C22H17Br/c1-13-11-17-20(12-14(13)2)22(23)18-9-5-3-7-15(18)21(17)16-8-4-6-10-19(16)22/h3-12,21H,1-2H3. The van der Waals surface area contributed by atoms with Crippen molar-refractivity contribution in [2.45, 2.75) is 24.1 Å². The van der Waals surface area contributed by atoms with E-state index in [2.05, 4.69) is 90.4 Å². The lowest BCUT2D eigenvalue weighted by atomic mass is 9.60. The average Bonchev–Trinajstić information content (AvgIpc) is 2.57. The molecule has 0 heterocycles. The molecule has 6 rings (SSSR count). The molecule has 3 aliphatic rings. The SMILES string of the molecule is Cc1cc2c(cc1C)C1(Br)c3ccccc3C2c2ccccc21. The number of hydrogen-bond acceptors (Lipinski definition) is 0. The van der Waals surface area contributed by atoms with E-state index in [9.17, 15) is 0 Å². The Morgan fingerprint density at radius 1 is 0.696 bits per heavy atom. The maximum absolute atomic E-state index is 4.19.